The van der Waals surface area contributed by atoms with Crippen molar-refractivity contribution < 1.29 is 14.6 Å². The van der Waals surface area contributed by atoms with Gasteiger partial charge in [0.15, 0.2) is 0 Å². The Morgan fingerprint density at radius 3 is 2.38 bits per heavy atom. The first kappa shape index (κ1) is 16.0. The molecule has 0 fully saturated rings. The molecular weight excluding hydrogens is 302 g/mol. The Bertz CT molecular complexity index is 740. The highest BCUT2D eigenvalue weighted by atomic mass is 16.6. The average molecular weight is 321 g/mol. The summed E-state index contributed by atoms with van der Waals surface area (Å²) in [6.45, 7) is 3.70. The van der Waals surface area contributed by atoms with Crippen molar-refractivity contribution in [3.8, 4) is 5.75 Å². The summed E-state index contributed by atoms with van der Waals surface area (Å²) in [4.78, 5) is 14.2. The first-order valence-corrected chi connectivity index (χ1v) is 7.81. The van der Waals surface area contributed by atoms with Crippen LogP contribution in [0.3, 0.4) is 0 Å². The molecule has 4 heteroatoms. The molecule has 0 saturated carbocycles. The maximum Gasteiger partial charge on any atom is 0.419 e. The van der Waals surface area contributed by atoms with E-state index >= 15 is 0 Å². The Kier molecular flexibility index (Phi) is 4.77. The van der Waals surface area contributed by atoms with E-state index in [-0.39, 0.29) is 6.04 Å². The molecule has 4 nitrogen and oxygen atoms in total. The van der Waals surface area contributed by atoms with E-state index in [1.165, 1.54) is 4.90 Å². The van der Waals surface area contributed by atoms with E-state index < -0.39 is 12.2 Å². The molecule has 0 bridgehead atoms. The summed E-state index contributed by atoms with van der Waals surface area (Å²) < 4.78 is 5.46. The predicted molar refractivity (Wildman–Crippen MR) is 92.4 cm³/mol. The molecule has 1 heterocycles. The number of para-hydroxylation sites is 1. The second-order valence-corrected chi connectivity index (χ2v) is 5.60. The Hall–Kier alpha value is -2.85. The summed E-state index contributed by atoms with van der Waals surface area (Å²) in [5.41, 5.74) is 1.55. The molecule has 1 aliphatic heterocycles. The van der Waals surface area contributed by atoms with Gasteiger partial charge in [-0.25, -0.2) is 4.79 Å². The van der Waals surface area contributed by atoms with Gasteiger partial charge in [-0.3, -0.25) is 4.90 Å². The molecule has 0 saturated heterocycles. The predicted octanol–water partition coefficient (Wildman–Crippen LogP) is 4.06. The van der Waals surface area contributed by atoms with Gasteiger partial charge in [-0.05, 0) is 23.3 Å². The van der Waals surface area contributed by atoms with Crippen LogP contribution in [-0.4, -0.2) is 22.2 Å². The minimum atomic E-state index is -0.659. The number of amides is 1. The standard InChI is InChI=1S/C20H19NO3/c1-2-15-14-21(20(23)24-17-11-7-4-8-12-17)18(13-19(15)22)16-9-5-3-6-10-16/h2-12,14,18-19,22H,1,13H2/t18-,19+/m1/s1. The van der Waals surface area contributed by atoms with Gasteiger partial charge < -0.3 is 9.84 Å². The summed E-state index contributed by atoms with van der Waals surface area (Å²) in [5, 5.41) is 10.3. The van der Waals surface area contributed by atoms with Crippen molar-refractivity contribution in [1.29, 1.82) is 0 Å². The van der Waals surface area contributed by atoms with Crippen molar-refractivity contribution in [2.75, 3.05) is 0 Å². The second kappa shape index (κ2) is 7.15. The van der Waals surface area contributed by atoms with Gasteiger partial charge in [0, 0.05) is 12.6 Å². The third-order valence-electron chi connectivity index (χ3n) is 4.03. The lowest BCUT2D eigenvalue weighted by Gasteiger charge is -2.35. The normalized spacial score (nSPS) is 20.2. The van der Waals surface area contributed by atoms with Crippen molar-refractivity contribution in [2.24, 2.45) is 0 Å². The number of carbonyl (C=O) groups is 1. The van der Waals surface area contributed by atoms with Crippen LogP contribution in [0.2, 0.25) is 0 Å². The van der Waals surface area contributed by atoms with Gasteiger partial charge in [0.25, 0.3) is 0 Å². The van der Waals surface area contributed by atoms with Crippen molar-refractivity contribution in [3.05, 3.63) is 90.7 Å². The van der Waals surface area contributed by atoms with Gasteiger partial charge in [0.1, 0.15) is 5.75 Å². The number of benzene rings is 2. The van der Waals surface area contributed by atoms with E-state index in [9.17, 15) is 9.90 Å². The third kappa shape index (κ3) is 3.39. The van der Waals surface area contributed by atoms with Gasteiger partial charge >= 0.3 is 6.09 Å². The fraction of sp³-hybridized carbons (Fsp3) is 0.150. The van der Waals surface area contributed by atoms with Crippen LogP contribution in [0.1, 0.15) is 18.0 Å². The third-order valence-corrected chi connectivity index (χ3v) is 4.03. The smallest absolute Gasteiger partial charge is 0.410 e. The van der Waals surface area contributed by atoms with Crippen molar-refractivity contribution in [3.63, 3.8) is 0 Å². The minimum Gasteiger partial charge on any atom is -0.410 e. The average Bonchev–Trinajstić information content (AvgIpc) is 2.63. The molecule has 1 amide bonds. The Morgan fingerprint density at radius 2 is 1.75 bits per heavy atom. The summed E-state index contributed by atoms with van der Waals surface area (Å²) in [5.74, 6) is 0.481. The van der Waals surface area contributed by atoms with Crippen LogP contribution in [-0.2, 0) is 0 Å². The topological polar surface area (TPSA) is 49.8 Å². The van der Waals surface area contributed by atoms with E-state index in [0.29, 0.717) is 17.7 Å². The fourth-order valence-electron chi connectivity index (χ4n) is 2.78. The van der Waals surface area contributed by atoms with Gasteiger partial charge in [0.05, 0.1) is 12.1 Å². The molecule has 1 N–H and O–H groups in total. The molecule has 2 aromatic rings. The highest BCUT2D eigenvalue weighted by Gasteiger charge is 2.32. The number of hydrogen-bond acceptors (Lipinski definition) is 3. The maximum absolute atomic E-state index is 12.7. The first-order chi connectivity index (χ1) is 11.7. The van der Waals surface area contributed by atoms with Crippen LogP contribution in [0.25, 0.3) is 0 Å². The summed E-state index contributed by atoms with van der Waals surface area (Å²) in [7, 11) is 0. The lowest BCUT2D eigenvalue weighted by Crippen LogP contribution is -2.38. The number of ether oxygens (including phenoxy) is 1. The SMILES string of the molecule is C=CC1=CN(C(=O)Oc2ccccc2)[C@@H](c2ccccc2)C[C@@H]1O. The number of rotatable bonds is 3. The zero-order valence-electron chi connectivity index (χ0n) is 13.2. The van der Waals surface area contributed by atoms with E-state index in [1.54, 1.807) is 24.4 Å². The molecular formula is C20H19NO3. The van der Waals surface area contributed by atoms with E-state index in [1.807, 2.05) is 48.5 Å². The van der Waals surface area contributed by atoms with Crippen LogP contribution in [0, 0.1) is 0 Å². The number of aliphatic hydroxyl groups excluding tert-OH is 1. The fourth-order valence-corrected chi connectivity index (χ4v) is 2.78. The van der Waals surface area contributed by atoms with Crippen LogP contribution < -0.4 is 4.74 Å². The summed E-state index contributed by atoms with van der Waals surface area (Å²) in [6, 6.07) is 18.3. The van der Waals surface area contributed by atoms with E-state index in [4.69, 9.17) is 4.74 Å². The van der Waals surface area contributed by atoms with Crippen molar-refractivity contribution in [1.82, 2.24) is 4.90 Å². The van der Waals surface area contributed by atoms with Gasteiger partial charge in [-0.15, -0.1) is 0 Å². The monoisotopic (exact) mass is 321 g/mol. The number of carbonyl (C=O) groups excluding carboxylic acids is 1. The molecule has 0 aliphatic carbocycles. The molecule has 2 atom stereocenters. The van der Waals surface area contributed by atoms with Gasteiger partial charge in [-0.2, -0.15) is 0 Å². The zero-order chi connectivity index (χ0) is 16.9. The largest absolute Gasteiger partial charge is 0.419 e. The molecule has 2 aromatic carbocycles. The quantitative estimate of drug-likeness (QED) is 0.927. The molecule has 3 rings (SSSR count). The van der Waals surface area contributed by atoms with Crippen LogP contribution in [0.15, 0.2) is 85.1 Å². The minimum absolute atomic E-state index is 0.291. The highest BCUT2D eigenvalue weighted by molar-refractivity contribution is 5.73. The number of hydrogen-bond donors (Lipinski definition) is 1. The first-order valence-electron chi connectivity index (χ1n) is 7.81. The summed E-state index contributed by atoms with van der Waals surface area (Å²) >= 11 is 0. The second-order valence-electron chi connectivity index (χ2n) is 5.60. The molecule has 0 unspecified atom stereocenters. The lowest BCUT2D eigenvalue weighted by atomic mass is 9.92. The number of nitrogens with zero attached hydrogens (tertiary/aromatic N) is 1. The van der Waals surface area contributed by atoms with Crippen LogP contribution in [0.4, 0.5) is 4.79 Å². The molecule has 24 heavy (non-hydrogen) atoms. The highest BCUT2D eigenvalue weighted by Crippen LogP contribution is 2.34. The Morgan fingerprint density at radius 1 is 1.12 bits per heavy atom. The molecule has 0 spiro atoms. The van der Waals surface area contributed by atoms with E-state index in [0.717, 1.165) is 5.56 Å². The molecule has 0 aromatic heterocycles. The van der Waals surface area contributed by atoms with E-state index in [2.05, 4.69) is 6.58 Å². The maximum atomic E-state index is 12.7. The van der Waals surface area contributed by atoms with Gasteiger partial charge in [0.2, 0.25) is 0 Å². The van der Waals surface area contributed by atoms with Gasteiger partial charge in [-0.1, -0.05) is 61.2 Å². The van der Waals surface area contributed by atoms with Crippen LogP contribution in [0.5, 0.6) is 5.75 Å². The molecule has 0 radical (unpaired) electrons. The zero-order valence-corrected chi connectivity index (χ0v) is 13.2. The Labute approximate surface area is 141 Å². The van der Waals surface area contributed by atoms with Crippen molar-refractivity contribution in [2.45, 2.75) is 18.6 Å². The molecule has 122 valence electrons. The Balaban J connectivity index is 1.91. The summed E-state index contributed by atoms with van der Waals surface area (Å²) in [6.07, 6.45) is 2.43. The van der Waals surface area contributed by atoms with Crippen molar-refractivity contribution >= 4 is 6.09 Å². The molecule has 1 aliphatic rings. The van der Waals surface area contributed by atoms with Crippen LogP contribution >= 0.6 is 0 Å². The number of aliphatic hydroxyl groups is 1. The lowest BCUT2D eigenvalue weighted by molar-refractivity contribution is 0.113.